The maximum atomic E-state index is 12.8. The monoisotopic (exact) mass is 313 g/mol. The summed E-state index contributed by atoms with van der Waals surface area (Å²) in [5, 5.41) is 21.5. The standard InChI is InChI=1S/C15H18F3N3O/c16-15(17,18)13-7-6-10(8-19)14(21-13)20-12-5-3-1-2-4-11(12)9-22/h6-7,11-12,22H,1-5,9H2,(H,20,21)/t11-,12+/m0/s1. The summed E-state index contributed by atoms with van der Waals surface area (Å²) >= 11 is 0. The molecule has 0 spiro atoms. The Morgan fingerprint density at radius 3 is 2.64 bits per heavy atom. The quantitative estimate of drug-likeness (QED) is 0.840. The Labute approximate surface area is 127 Å². The predicted molar refractivity (Wildman–Crippen MR) is 75.0 cm³/mol. The minimum atomic E-state index is -4.55. The molecule has 0 aliphatic heterocycles. The molecular formula is C15H18F3N3O. The second-order valence-corrected chi connectivity index (χ2v) is 5.53. The zero-order chi connectivity index (χ0) is 16.2. The summed E-state index contributed by atoms with van der Waals surface area (Å²) in [6, 6.07) is 3.62. The minimum Gasteiger partial charge on any atom is -0.396 e. The van der Waals surface area contributed by atoms with Gasteiger partial charge in [-0.05, 0) is 25.0 Å². The van der Waals surface area contributed by atoms with E-state index in [9.17, 15) is 18.3 Å². The lowest BCUT2D eigenvalue weighted by molar-refractivity contribution is -0.141. The van der Waals surface area contributed by atoms with Crippen LogP contribution in [0.15, 0.2) is 12.1 Å². The number of rotatable bonds is 3. The number of nitriles is 1. The maximum absolute atomic E-state index is 12.8. The highest BCUT2D eigenvalue weighted by molar-refractivity contribution is 5.53. The van der Waals surface area contributed by atoms with Gasteiger partial charge < -0.3 is 10.4 Å². The van der Waals surface area contributed by atoms with E-state index in [-0.39, 0.29) is 29.9 Å². The first kappa shape index (κ1) is 16.6. The van der Waals surface area contributed by atoms with Crippen LogP contribution in [0.3, 0.4) is 0 Å². The van der Waals surface area contributed by atoms with E-state index >= 15 is 0 Å². The molecule has 120 valence electrons. The molecule has 0 aromatic carbocycles. The molecule has 1 fully saturated rings. The van der Waals surface area contributed by atoms with Crippen LogP contribution < -0.4 is 5.32 Å². The lowest BCUT2D eigenvalue weighted by atomic mass is 9.95. The van der Waals surface area contributed by atoms with Gasteiger partial charge in [-0.1, -0.05) is 19.3 Å². The van der Waals surface area contributed by atoms with Crippen molar-refractivity contribution in [1.29, 1.82) is 5.26 Å². The number of hydrogen-bond acceptors (Lipinski definition) is 4. The van der Waals surface area contributed by atoms with E-state index in [1.54, 1.807) is 0 Å². The van der Waals surface area contributed by atoms with Gasteiger partial charge in [0.1, 0.15) is 17.6 Å². The predicted octanol–water partition coefficient (Wildman–Crippen LogP) is 3.33. The van der Waals surface area contributed by atoms with E-state index < -0.39 is 11.9 Å². The number of alkyl halides is 3. The molecule has 0 unspecified atom stereocenters. The van der Waals surface area contributed by atoms with Gasteiger partial charge in [0.05, 0.1) is 5.56 Å². The lowest BCUT2D eigenvalue weighted by Crippen LogP contribution is -2.31. The molecule has 1 heterocycles. The summed E-state index contributed by atoms with van der Waals surface area (Å²) in [5.41, 5.74) is -0.947. The first-order valence-electron chi connectivity index (χ1n) is 7.31. The number of pyridine rings is 1. The molecule has 1 aromatic heterocycles. The van der Waals surface area contributed by atoms with Gasteiger partial charge >= 0.3 is 6.18 Å². The van der Waals surface area contributed by atoms with E-state index in [0.717, 1.165) is 44.2 Å². The van der Waals surface area contributed by atoms with E-state index in [2.05, 4.69) is 10.3 Å². The van der Waals surface area contributed by atoms with E-state index in [4.69, 9.17) is 5.26 Å². The van der Waals surface area contributed by atoms with Crippen molar-refractivity contribution in [2.75, 3.05) is 11.9 Å². The molecule has 0 bridgehead atoms. The van der Waals surface area contributed by atoms with E-state index in [1.807, 2.05) is 6.07 Å². The third-order valence-corrected chi connectivity index (χ3v) is 4.02. The Morgan fingerprint density at radius 1 is 1.27 bits per heavy atom. The van der Waals surface area contributed by atoms with Crippen molar-refractivity contribution in [3.05, 3.63) is 23.4 Å². The first-order valence-corrected chi connectivity index (χ1v) is 7.31. The largest absolute Gasteiger partial charge is 0.433 e. The van der Waals surface area contributed by atoms with Crippen molar-refractivity contribution in [2.45, 2.75) is 44.3 Å². The minimum absolute atomic E-state index is 0.0293. The lowest BCUT2D eigenvalue weighted by Gasteiger charge is -2.25. The van der Waals surface area contributed by atoms with Crippen molar-refractivity contribution >= 4 is 5.82 Å². The number of nitrogens with one attached hydrogen (secondary N) is 1. The molecule has 22 heavy (non-hydrogen) atoms. The Kier molecular flexibility index (Phi) is 5.24. The number of aromatic nitrogens is 1. The van der Waals surface area contributed by atoms with Gasteiger partial charge in [0, 0.05) is 18.6 Å². The molecule has 2 N–H and O–H groups in total. The van der Waals surface area contributed by atoms with Crippen LogP contribution in [-0.4, -0.2) is 22.7 Å². The Hall–Kier alpha value is -1.81. The highest BCUT2D eigenvalue weighted by Crippen LogP contribution is 2.31. The molecule has 0 radical (unpaired) electrons. The van der Waals surface area contributed by atoms with Gasteiger partial charge in [0.15, 0.2) is 0 Å². The topological polar surface area (TPSA) is 68.9 Å². The van der Waals surface area contributed by atoms with Gasteiger partial charge in [0.2, 0.25) is 0 Å². The van der Waals surface area contributed by atoms with Gasteiger partial charge in [-0.15, -0.1) is 0 Å². The molecule has 1 saturated carbocycles. The van der Waals surface area contributed by atoms with Crippen molar-refractivity contribution in [2.24, 2.45) is 5.92 Å². The average molecular weight is 313 g/mol. The molecule has 0 amide bonds. The summed E-state index contributed by atoms with van der Waals surface area (Å²) in [7, 11) is 0. The fourth-order valence-electron chi connectivity index (χ4n) is 2.79. The van der Waals surface area contributed by atoms with Crippen LogP contribution in [0.2, 0.25) is 0 Å². The van der Waals surface area contributed by atoms with Crippen LogP contribution in [0.25, 0.3) is 0 Å². The Balaban J connectivity index is 2.28. The maximum Gasteiger partial charge on any atom is 0.433 e. The summed E-state index contributed by atoms with van der Waals surface area (Å²) in [4.78, 5) is 3.57. The number of anilines is 1. The smallest absolute Gasteiger partial charge is 0.396 e. The molecule has 7 heteroatoms. The third-order valence-electron chi connectivity index (χ3n) is 4.02. The molecule has 2 rings (SSSR count). The van der Waals surface area contributed by atoms with Crippen molar-refractivity contribution < 1.29 is 18.3 Å². The second kappa shape index (κ2) is 6.97. The molecule has 1 aliphatic carbocycles. The van der Waals surface area contributed by atoms with Crippen molar-refractivity contribution in [3.8, 4) is 6.07 Å². The van der Waals surface area contributed by atoms with Crippen LogP contribution in [0.4, 0.5) is 19.0 Å². The molecule has 1 aliphatic rings. The van der Waals surface area contributed by atoms with Crippen LogP contribution in [0.1, 0.15) is 43.4 Å². The third kappa shape index (κ3) is 3.89. The van der Waals surface area contributed by atoms with Crippen molar-refractivity contribution in [1.82, 2.24) is 4.98 Å². The average Bonchev–Trinajstić information content (AvgIpc) is 2.71. The van der Waals surface area contributed by atoms with E-state index in [0.29, 0.717) is 0 Å². The van der Waals surface area contributed by atoms with E-state index in [1.165, 1.54) is 0 Å². The summed E-state index contributed by atoms with van der Waals surface area (Å²) in [6.07, 6.45) is -0.0252. The van der Waals surface area contributed by atoms with Gasteiger partial charge in [-0.3, -0.25) is 0 Å². The number of hydrogen-bond donors (Lipinski definition) is 2. The second-order valence-electron chi connectivity index (χ2n) is 5.53. The Morgan fingerprint density at radius 2 is 2.00 bits per heavy atom. The number of halogens is 3. The molecule has 0 saturated heterocycles. The molecule has 4 nitrogen and oxygen atoms in total. The number of aliphatic hydroxyl groups is 1. The number of nitrogens with zero attached hydrogens (tertiary/aromatic N) is 2. The summed E-state index contributed by atoms with van der Waals surface area (Å²) in [5.74, 6) is -0.0898. The van der Waals surface area contributed by atoms with Crippen LogP contribution in [0.5, 0.6) is 0 Å². The van der Waals surface area contributed by atoms with Gasteiger partial charge in [-0.25, -0.2) is 4.98 Å². The molecule has 1 aromatic rings. The highest BCUT2D eigenvalue weighted by Gasteiger charge is 2.33. The first-order chi connectivity index (χ1) is 10.5. The van der Waals surface area contributed by atoms with Gasteiger partial charge in [-0.2, -0.15) is 18.4 Å². The Bertz CT molecular complexity index is 554. The molecule has 2 atom stereocenters. The fourth-order valence-corrected chi connectivity index (χ4v) is 2.79. The van der Waals surface area contributed by atoms with Crippen LogP contribution >= 0.6 is 0 Å². The van der Waals surface area contributed by atoms with Crippen LogP contribution in [-0.2, 0) is 6.18 Å². The summed E-state index contributed by atoms with van der Waals surface area (Å²) in [6.45, 7) is -0.0293. The highest BCUT2D eigenvalue weighted by atomic mass is 19.4. The van der Waals surface area contributed by atoms with Crippen molar-refractivity contribution in [3.63, 3.8) is 0 Å². The zero-order valence-corrected chi connectivity index (χ0v) is 12.0. The molecular weight excluding hydrogens is 295 g/mol. The SMILES string of the molecule is N#Cc1ccc(C(F)(F)F)nc1N[C@@H]1CCCCC[C@H]1CO. The summed E-state index contributed by atoms with van der Waals surface area (Å²) < 4.78 is 38.3. The fraction of sp³-hybridized carbons (Fsp3) is 0.600. The van der Waals surface area contributed by atoms with Gasteiger partial charge in [0.25, 0.3) is 0 Å². The number of aliphatic hydroxyl groups excluding tert-OH is 1. The zero-order valence-electron chi connectivity index (χ0n) is 12.0. The normalized spacial score (nSPS) is 22.7. The van der Waals surface area contributed by atoms with Crippen LogP contribution in [0, 0.1) is 17.2 Å².